The summed E-state index contributed by atoms with van der Waals surface area (Å²) >= 11 is -0.495. The summed E-state index contributed by atoms with van der Waals surface area (Å²) in [5.74, 6) is 1.58. The van der Waals surface area contributed by atoms with Gasteiger partial charge in [0, 0.05) is 0 Å². The molecule has 0 unspecified atom stereocenters. The second-order valence-corrected chi connectivity index (χ2v) is 10.1. The Balaban J connectivity index is -0.000000143. The average Bonchev–Trinajstić information content (AvgIpc) is 2.89. The van der Waals surface area contributed by atoms with Crippen LogP contribution in [0.1, 0.15) is 53.4 Å². The van der Waals surface area contributed by atoms with E-state index in [0.29, 0.717) is 0 Å². The molecule has 0 bridgehead atoms. The molecular weight excluding hydrogens is 611 g/mol. The zero-order valence-electron chi connectivity index (χ0n) is 15.6. The van der Waals surface area contributed by atoms with E-state index in [-0.39, 0.29) is 101 Å². The smallest absolute Gasteiger partial charge is 1.00 e. The van der Waals surface area contributed by atoms with Crippen molar-refractivity contribution in [1.29, 1.82) is 0 Å². The van der Waals surface area contributed by atoms with Gasteiger partial charge in [-0.05, 0) is 0 Å². The molecule has 0 aromatic heterocycles. The molecule has 2 rings (SSSR count). The SMILES string of the molecule is CC(C)CC1=[C]([Zr+2][C]2=C(CC(C)C)C=CC2)CC=C1.[Cl-].[Cl-].[Cl-].[Cl-].[Cl-].[Cl-].[Zr+4]. The van der Waals surface area contributed by atoms with E-state index in [0.717, 1.165) is 11.8 Å². The second-order valence-electron chi connectivity index (χ2n) is 6.54. The van der Waals surface area contributed by atoms with Gasteiger partial charge in [0.1, 0.15) is 0 Å². The van der Waals surface area contributed by atoms with Gasteiger partial charge in [0.15, 0.2) is 0 Å². The van der Waals surface area contributed by atoms with Gasteiger partial charge in [-0.15, -0.1) is 0 Å². The zero-order valence-corrected chi connectivity index (χ0v) is 25.0. The Kier molecular flexibility index (Phi) is 36.3. The Morgan fingerprint density at radius 2 is 1.00 bits per heavy atom. The van der Waals surface area contributed by atoms with Crippen LogP contribution in [0.2, 0.25) is 0 Å². The Bertz CT molecular complexity index is 426. The molecule has 2 aliphatic rings. The summed E-state index contributed by atoms with van der Waals surface area (Å²) in [4.78, 5) is 0. The van der Waals surface area contributed by atoms with Gasteiger partial charge in [-0.2, -0.15) is 0 Å². The first-order chi connectivity index (χ1) is 9.06. The molecule has 0 aromatic carbocycles. The molecule has 0 amide bonds. The maximum absolute atomic E-state index is 2.40. The molecule has 0 aromatic rings. The van der Waals surface area contributed by atoms with Crippen LogP contribution < -0.4 is 74.4 Å². The van der Waals surface area contributed by atoms with Crippen molar-refractivity contribution < 1.29 is 124 Å². The van der Waals surface area contributed by atoms with E-state index in [1.165, 1.54) is 25.7 Å². The van der Waals surface area contributed by atoms with Crippen LogP contribution in [0.15, 0.2) is 42.0 Å². The molecule has 0 N–H and O–H groups in total. The summed E-state index contributed by atoms with van der Waals surface area (Å²) in [6.45, 7) is 9.34. The second kappa shape index (κ2) is 22.2. The predicted molar refractivity (Wildman–Crippen MR) is 80.5 cm³/mol. The first kappa shape index (κ1) is 42.5. The fourth-order valence-corrected chi connectivity index (χ4v) is 6.49. The fourth-order valence-electron chi connectivity index (χ4n) is 2.81. The Morgan fingerprint density at radius 1 is 0.692 bits per heavy atom. The molecule has 0 aliphatic heterocycles. The molecule has 0 heterocycles. The van der Waals surface area contributed by atoms with E-state index in [1.807, 2.05) is 6.56 Å². The molecule has 2 aliphatic carbocycles. The third-order valence-corrected chi connectivity index (χ3v) is 7.68. The van der Waals surface area contributed by atoms with Crippen molar-refractivity contribution in [3.63, 3.8) is 0 Å². The first-order valence-corrected chi connectivity index (χ1v) is 10.1. The quantitative estimate of drug-likeness (QED) is 0.272. The van der Waals surface area contributed by atoms with Crippen LogP contribution in [0.3, 0.4) is 0 Å². The standard InChI is InChI=1S/2C9H13.6ClH.2Zr/c2*1-8(2)7-9-5-3-4-6-9;;;;;;;;/h2*3,5,8H,4,7H2,1-2H3;6*1H;;/q;;;;;;;;+2;+4/p-6. The van der Waals surface area contributed by atoms with Crippen LogP contribution in [0, 0.1) is 11.8 Å². The van der Waals surface area contributed by atoms with Crippen LogP contribution in [0.25, 0.3) is 0 Å². The minimum Gasteiger partial charge on any atom is -1.00 e. The summed E-state index contributed by atoms with van der Waals surface area (Å²) in [6, 6.07) is 0. The average molecular weight is 638 g/mol. The Labute approximate surface area is 228 Å². The molecule has 0 spiro atoms. The van der Waals surface area contributed by atoms with E-state index >= 15 is 0 Å². The minimum atomic E-state index is -0.495. The predicted octanol–water partition coefficient (Wildman–Crippen LogP) is -12.4. The Hall–Kier alpha value is 2.47. The van der Waals surface area contributed by atoms with Gasteiger partial charge in [0.25, 0.3) is 0 Å². The van der Waals surface area contributed by atoms with E-state index in [1.54, 1.807) is 11.1 Å². The third-order valence-electron chi connectivity index (χ3n) is 3.62. The van der Waals surface area contributed by atoms with Crippen LogP contribution in [0.4, 0.5) is 0 Å². The molecule has 0 fully saturated rings. The fraction of sp³-hybridized carbons (Fsp3) is 0.556. The summed E-state index contributed by atoms with van der Waals surface area (Å²) in [7, 11) is 0. The molecule has 0 saturated heterocycles. The molecule has 8 heteroatoms. The van der Waals surface area contributed by atoms with Crippen LogP contribution in [0.5, 0.6) is 0 Å². The number of allylic oxidation sites excluding steroid dienone is 8. The minimum absolute atomic E-state index is 0. The summed E-state index contributed by atoms with van der Waals surface area (Å²) in [5, 5.41) is 0. The van der Waals surface area contributed by atoms with E-state index in [4.69, 9.17) is 0 Å². The van der Waals surface area contributed by atoms with Gasteiger partial charge in [-0.1, -0.05) is 0 Å². The zero-order chi connectivity index (χ0) is 13.8. The van der Waals surface area contributed by atoms with E-state index in [9.17, 15) is 0 Å². The molecule has 0 saturated carbocycles. The van der Waals surface area contributed by atoms with Crippen molar-refractivity contribution in [3.8, 4) is 0 Å². The number of hydrogen-bond acceptors (Lipinski definition) is 0. The van der Waals surface area contributed by atoms with Crippen LogP contribution in [-0.4, -0.2) is 0 Å². The maximum atomic E-state index is 2.40. The van der Waals surface area contributed by atoms with Crippen molar-refractivity contribution in [3.05, 3.63) is 42.0 Å². The summed E-state index contributed by atoms with van der Waals surface area (Å²) < 4.78 is 3.69. The molecule has 0 nitrogen and oxygen atoms in total. The molecule has 148 valence electrons. The van der Waals surface area contributed by atoms with Crippen LogP contribution in [-0.2, 0) is 49.4 Å². The number of rotatable bonds is 6. The monoisotopic (exact) mass is 632 g/mol. The summed E-state index contributed by atoms with van der Waals surface area (Å²) in [6.07, 6.45) is 14.7. The van der Waals surface area contributed by atoms with Gasteiger partial charge in [-0.3, -0.25) is 0 Å². The number of halogens is 6. The topological polar surface area (TPSA) is 0 Å². The van der Waals surface area contributed by atoms with Gasteiger partial charge < -0.3 is 74.4 Å². The van der Waals surface area contributed by atoms with Crippen molar-refractivity contribution in [2.75, 3.05) is 0 Å². The van der Waals surface area contributed by atoms with Crippen molar-refractivity contribution in [2.24, 2.45) is 11.8 Å². The molecule has 0 atom stereocenters. The van der Waals surface area contributed by atoms with Gasteiger partial charge in [0.05, 0.1) is 0 Å². The summed E-state index contributed by atoms with van der Waals surface area (Å²) in [5.41, 5.74) is 3.37. The molecule has 0 radical (unpaired) electrons. The van der Waals surface area contributed by atoms with Crippen molar-refractivity contribution in [2.45, 2.75) is 53.4 Å². The molecular formula is C18H26Cl6Zr2. The van der Waals surface area contributed by atoms with Gasteiger partial charge in [-0.25, -0.2) is 0 Å². The normalized spacial score (nSPS) is 13.5. The molecule has 26 heavy (non-hydrogen) atoms. The first-order valence-electron chi connectivity index (χ1n) is 7.60. The third kappa shape index (κ3) is 14.4. The number of hydrogen-bond donors (Lipinski definition) is 0. The van der Waals surface area contributed by atoms with Crippen molar-refractivity contribution in [1.82, 2.24) is 0 Å². The largest absolute Gasteiger partial charge is 4.00 e. The maximum Gasteiger partial charge on any atom is 4.00 e. The van der Waals surface area contributed by atoms with E-state index in [2.05, 4.69) is 52.0 Å². The van der Waals surface area contributed by atoms with Crippen molar-refractivity contribution >= 4 is 0 Å². The van der Waals surface area contributed by atoms with E-state index < -0.39 is 23.2 Å². The van der Waals surface area contributed by atoms with Gasteiger partial charge >= 0.3 is 157 Å². The van der Waals surface area contributed by atoms with Gasteiger partial charge in [0.2, 0.25) is 0 Å². The Morgan fingerprint density at radius 3 is 1.27 bits per heavy atom. The van der Waals surface area contributed by atoms with Crippen LogP contribution >= 0.6 is 0 Å².